The molecular formula is C22H26N8O2. The molecule has 0 saturated heterocycles. The largest absolute Gasteiger partial charge is 0.352 e. The number of amides is 1. The molecule has 0 unspecified atom stereocenters. The highest BCUT2D eigenvalue weighted by atomic mass is 16.6. The van der Waals surface area contributed by atoms with Crippen LogP contribution >= 0.6 is 0 Å². The van der Waals surface area contributed by atoms with Gasteiger partial charge in [-0.3, -0.25) is 15.1 Å². The molecule has 4 rings (SSSR count). The molecule has 3 heterocycles. The Morgan fingerprint density at radius 1 is 1.22 bits per heavy atom. The monoisotopic (exact) mass is 434 g/mol. The molecule has 166 valence electrons. The van der Waals surface area contributed by atoms with Gasteiger partial charge in [0.1, 0.15) is 17.9 Å². The number of nitrogens with one attached hydrogen (secondary N) is 2. The number of tetrazole rings is 1. The Kier molecular flexibility index (Phi) is 6.41. The summed E-state index contributed by atoms with van der Waals surface area (Å²) < 4.78 is 3.86. The molecule has 0 spiro atoms. The van der Waals surface area contributed by atoms with Gasteiger partial charge in [-0.15, -0.1) is 5.10 Å². The molecule has 0 aliphatic heterocycles. The van der Waals surface area contributed by atoms with Crippen LogP contribution in [0.2, 0.25) is 0 Å². The van der Waals surface area contributed by atoms with E-state index in [4.69, 9.17) is 9.82 Å². The second-order valence-corrected chi connectivity index (χ2v) is 7.44. The van der Waals surface area contributed by atoms with Gasteiger partial charge in [0, 0.05) is 30.5 Å². The number of hydrogen-bond donors (Lipinski definition) is 2. The zero-order valence-corrected chi connectivity index (χ0v) is 18.2. The van der Waals surface area contributed by atoms with Crippen molar-refractivity contribution in [2.75, 3.05) is 6.54 Å². The van der Waals surface area contributed by atoms with Crippen LogP contribution in [0.25, 0.3) is 16.7 Å². The lowest BCUT2D eigenvalue weighted by Crippen LogP contribution is -2.24. The number of aromatic nitrogens is 6. The number of nitrogens with zero attached hydrogens (tertiary/aromatic N) is 6. The fraction of sp³-hybridized carbons (Fsp3) is 0.318. The van der Waals surface area contributed by atoms with Gasteiger partial charge in [0.15, 0.2) is 0 Å². The van der Waals surface area contributed by atoms with E-state index in [0.717, 1.165) is 47.5 Å². The van der Waals surface area contributed by atoms with Crippen LogP contribution in [0.1, 0.15) is 40.3 Å². The van der Waals surface area contributed by atoms with E-state index in [1.807, 2.05) is 44.2 Å². The number of carbonyl (C=O) groups is 1. The molecule has 0 aliphatic carbocycles. The van der Waals surface area contributed by atoms with Gasteiger partial charge in [0.05, 0.1) is 5.52 Å². The Morgan fingerprint density at radius 2 is 2.03 bits per heavy atom. The van der Waals surface area contributed by atoms with E-state index < -0.39 is 0 Å². The van der Waals surface area contributed by atoms with Gasteiger partial charge < -0.3 is 9.88 Å². The third-order valence-electron chi connectivity index (χ3n) is 5.44. The first-order valence-corrected chi connectivity index (χ1v) is 10.5. The number of carbonyl (C=O) groups excluding carboxylic acids is 1. The number of hydrogen-bond acceptors (Lipinski definition) is 7. The van der Waals surface area contributed by atoms with Crippen LogP contribution in [0, 0.1) is 13.8 Å². The highest BCUT2D eigenvalue weighted by Crippen LogP contribution is 2.26. The van der Waals surface area contributed by atoms with Crippen molar-refractivity contribution in [1.82, 2.24) is 40.4 Å². The summed E-state index contributed by atoms with van der Waals surface area (Å²) in [5, 5.41) is 15.0. The van der Waals surface area contributed by atoms with Gasteiger partial charge in [-0.25, -0.2) is 4.98 Å². The van der Waals surface area contributed by atoms with E-state index in [1.165, 1.54) is 6.20 Å². The van der Waals surface area contributed by atoms with Gasteiger partial charge in [-0.2, -0.15) is 4.52 Å². The summed E-state index contributed by atoms with van der Waals surface area (Å²) in [6.45, 7) is 9.21. The second-order valence-electron chi connectivity index (χ2n) is 7.44. The van der Waals surface area contributed by atoms with Crippen molar-refractivity contribution in [2.24, 2.45) is 0 Å². The third-order valence-corrected chi connectivity index (χ3v) is 5.44. The van der Waals surface area contributed by atoms with E-state index in [0.29, 0.717) is 17.8 Å². The quantitative estimate of drug-likeness (QED) is 0.291. The van der Waals surface area contributed by atoms with E-state index in [2.05, 4.69) is 37.5 Å². The summed E-state index contributed by atoms with van der Waals surface area (Å²) in [6.07, 6.45) is 3.16. The minimum absolute atomic E-state index is 0.0589. The van der Waals surface area contributed by atoms with Crippen molar-refractivity contribution in [3.05, 3.63) is 65.8 Å². The Labute approximate surface area is 185 Å². The molecular weight excluding hydrogens is 408 g/mol. The Morgan fingerprint density at radius 3 is 2.81 bits per heavy atom. The number of benzene rings is 1. The number of hydroxylamine groups is 1. The van der Waals surface area contributed by atoms with Crippen LogP contribution in [-0.2, 0) is 18.0 Å². The Balaban J connectivity index is 1.51. The van der Waals surface area contributed by atoms with E-state index in [-0.39, 0.29) is 12.5 Å². The molecule has 0 aliphatic rings. The summed E-state index contributed by atoms with van der Waals surface area (Å²) >= 11 is 0. The van der Waals surface area contributed by atoms with Gasteiger partial charge in [-0.05, 0) is 54.8 Å². The maximum atomic E-state index is 12.2. The average molecular weight is 435 g/mol. The van der Waals surface area contributed by atoms with Crippen molar-refractivity contribution in [1.29, 1.82) is 0 Å². The third kappa shape index (κ3) is 4.17. The molecule has 10 nitrogen and oxygen atoms in total. The van der Waals surface area contributed by atoms with Crippen molar-refractivity contribution in [3.63, 3.8) is 0 Å². The molecule has 3 aromatic heterocycles. The maximum Gasteiger partial charge on any atom is 0.251 e. The summed E-state index contributed by atoms with van der Waals surface area (Å²) in [5.41, 5.74) is 7.70. The molecule has 1 aromatic carbocycles. The van der Waals surface area contributed by atoms with Crippen molar-refractivity contribution in [3.8, 4) is 0 Å². The summed E-state index contributed by atoms with van der Waals surface area (Å²) in [5.74, 6) is 0.706. The predicted molar refractivity (Wildman–Crippen MR) is 120 cm³/mol. The van der Waals surface area contributed by atoms with Gasteiger partial charge >= 0.3 is 0 Å². The minimum Gasteiger partial charge on any atom is -0.352 e. The highest BCUT2D eigenvalue weighted by molar-refractivity contribution is 5.94. The lowest BCUT2D eigenvalue weighted by Gasteiger charge is -2.12. The second kappa shape index (κ2) is 9.56. The van der Waals surface area contributed by atoms with E-state index >= 15 is 0 Å². The number of imidazole rings is 1. The lowest BCUT2D eigenvalue weighted by molar-refractivity contribution is 0.0517. The van der Waals surface area contributed by atoms with Crippen LogP contribution in [0.5, 0.6) is 0 Å². The molecule has 0 bridgehead atoms. The molecule has 1 amide bonds. The van der Waals surface area contributed by atoms with Gasteiger partial charge in [0.25, 0.3) is 5.91 Å². The first-order valence-electron chi connectivity index (χ1n) is 10.5. The summed E-state index contributed by atoms with van der Waals surface area (Å²) in [4.78, 5) is 22.4. The smallest absolute Gasteiger partial charge is 0.251 e. The summed E-state index contributed by atoms with van der Waals surface area (Å²) in [7, 11) is 0. The summed E-state index contributed by atoms with van der Waals surface area (Å²) in [6, 6.07) is 9.22. The zero-order chi connectivity index (χ0) is 22.5. The normalized spacial score (nSPS) is 11.2. The standard InChI is InChI=1S/C22H26N8O2/c1-4-24-32-14-18-25-19-20(15(2)16(3)30-21(19)26-27-28-30)29(18)13-9-8-12-23-22(31)17-10-6-5-7-11-17/h4-7,10-11,24H,1,8-9,12-14H2,2-3H3,(H,23,31). The Bertz CT molecular complexity index is 1250. The fourth-order valence-electron chi connectivity index (χ4n) is 3.73. The van der Waals surface area contributed by atoms with Gasteiger partial charge in [-0.1, -0.05) is 24.8 Å². The Hall–Kier alpha value is -3.79. The van der Waals surface area contributed by atoms with Crippen LogP contribution in [0.3, 0.4) is 0 Å². The SMILES string of the molecule is C=CNOCc1nc2c(c(C)c(C)n3nnnc23)n1CCCCNC(=O)c1ccccc1. The van der Waals surface area contributed by atoms with Crippen molar-refractivity contribution in [2.45, 2.75) is 39.8 Å². The van der Waals surface area contributed by atoms with Crippen molar-refractivity contribution < 1.29 is 9.63 Å². The topological polar surface area (TPSA) is 111 Å². The molecule has 0 saturated carbocycles. The first kappa shape index (κ1) is 21.4. The van der Waals surface area contributed by atoms with Crippen LogP contribution in [0.4, 0.5) is 0 Å². The lowest BCUT2D eigenvalue weighted by atomic mass is 10.2. The van der Waals surface area contributed by atoms with Crippen molar-refractivity contribution >= 4 is 22.6 Å². The molecule has 0 radical (unpaired) electrons. The maximum absolute atomic E-state index is 12.2. The predicted octanol–water partition coefficient (Wildman–Crippen LogP) is 2.47. The van der Waals surface area contributed by atoms with Crippen LogP contribution in [0.15, 0.2) is 43.1 Å². The average Bonchev–Trinajstić information content (AvgIpc) is 3.43. The highest BCUT2D eigenvalue weighted by Gasteiger charge is 2.20. The molecule has 32 heavy (non-hydrogen) atoms. The van der Waals surface area contributed by atoms with Gasteiger partial charge in [0.2, 0.25) is 5.65 Å². The number of aryl methyl sites for hydroxylation is 3. The van der Waals surface area contributed by atoms with Crippen LogP contribution in [-0.4, -0.2) is 42.0 Å². The van der Waals surface area contributed by atoms with Crippen LogP contribution < -0.4 is 10.8 Å². The number of fused-ring (bicyclic) bond motifs is 3. The zero-order valence-electron chi connectivity index (χ0n) is 18.2. The first-order chi connectivity index (χ1) is 15.6. The van der Waals surface area contributed by atoms with E-state index in [9.17, 15) is 4.79 Å². The number of pyridine rings is 1. The molecule has 0 atom stereocenters. The molecule has 10 heteroatoms. The minimum atomic E-state index is -0.0589. The number of unbranched alkanes of at least 4 members (excludes halogenated alkanes) is 1. The molecule has 4 aromatic rings. The van der Waals surface area contributed by atoms with E-state index in [1.54, 1.807) is 4.52 Å². The molecule has 0 fully saturated rings. The molecule has 2 N–H and O–H groups in total. The number of rotatable bonds is 10. The fourth-order valence-corrected chi connectivity index (χ4v) is 3.73.